The number of rotatable bonds is 5. The molecule has 1 aromatic rings. The number of likely N-dealkylation sites (tertiary alicyclic amines) is 1. The first-order chi connectivity index (χ1) is 9.16. The standard InChI is InChI=1S/C16H23NO2/c1-13(11-14-7-3-2-4-8-14)17-10-6-5-9-15(17)12-16(18)19/h2-4,7-8,13,15H,5-6,9-12H2,1H3,(H,18,19). The zero-order chi connectivity index (χ0) is 13.7. The second-order valence-corrected chi connectivity index (χ2v) is 5.52. The predicted molar refractivity (Wildman–Crippen MR) is 76.2 cm³/mol. The van der Waals surface area contributed by atoms with Gasteiger partial charge in [-0.3, -0.25) is 9.69 Å². The van der Waals surface area contributed by atoms with E-state index in [4.69, 9.17) is 5.11 Å². The highest BCUT2D eigenvalue weighted by atomic mass is 16.4. The molecule has 0 radical (unpaired) electrons. The van der Waals surface area contributed by atoms with E-state index in [9.17, 15) is 4.79 Å². The van der Waals surface area contributed by atoms with Gasteiger partial charge in [0, 0.05) is 12.1 Å². The van der Waals surface area contributed by atoms with Gasteiger partial charge in [-0.05, 0) is 38.3 Å². The number of carboxylic acid groups (broad SMARTS) is 1. The lowest BCUT2D eigenvalue weighted by Crippen LogP contribution is -2.46. The van der Waals surface area contributed by atoms with Crippen LogP contribution in [-0.2, 0) is 11.2 Å². The summed E-state index contributed by atoms with van der Waals surface area (Å²) in [7, 11) is 0. The monoisotopic (exact) mass is 261 g/mol. The minimum atomic E-state index is -0.677. The van der Waals surface area contributed by atoms with Gasteiger partial charge in [-0.1, -0.05) is 36.8 Å². The zero-order valence-corrected chi connectivity index (χ0v) is 11.6. The Morgan fingerprint density at radius 3 is 2.79 bits per heavy atom. The predicted octanol–water partition coefficient (Wildman–Crippen LogP) is 2.95. The van der Waals surface area contributed by atoms with Crippen LogP contribution in [0.1, 0.15) is 38.2 Å². The summed E-state index contributed by atoms with van der Waals surface area (Å²) in [6, 6.07) is 11.1. The van der Waals surface area contributed by atoms with Crippen molar-refractivity contribution in [3.8, 4) is 0 Å². The summed E-state index contributed by atoms with van der Waals surface area (Å²) in [5.74, 6) is -0.677. The number of hydrogen-bond donors (Lipinski definition) is 1. The molecule has 19 heavy (non-hydrogen) atoms. The van der Waals surface area contributed by atoms with Gasteiger partial charge < -0.3 is 5.11 Å². The average molecular weight is 261 g/mol. The fourth-order valence-corrected chi connectivity index (χ4v) is 3.10. The van der Waals surface area contributed by atoms with E-state index >= 15 is 0 Å². The van der Waals surface area contributed by atoms with Crippen LogP contribution in [0.2, 0.25) is 0 Å². The first kappa shape index (κ1) is 14.1. The van der Waals surface area contributed by atoms with Crippen molar-refractivity contribution < 1.29 is 9.90 Å². The van der Waals surface area contributed by atoms with Gasteiger partial charge in [0.2, 0.25) is 0 Å². The van der Waals surface area contributed by atoms with Crippen molar-refractivity contribution in [3.63, 3.8) is 0 Å². The van der Waals surface area contributed by atoms with Crippen molar-refractivity contribution in [1.82, 2.24) is 4.90 Å². The van der Waals surface area contributed by atoms with E-state index in [1.165, 1.54) is 12.0 Å². The van der Waals surface area contributed by atoms with E-state index in [0.29, 0.717) is 6.04 Å². The van der Waals surface area contributed by atoms with Crippen LogP contribution in [0.25, 0.3) is 0 Å². The number of piperidine rings is 1. The van der Waals surface area contributed by atoms with Crippen LogP contribution in [0.5, 0.6) is 0 Å². The lowest BCUT2D eigenvalue weighted by molar-refractivity contribution is -0.139. The van der Waals surface area contributed by atoms with E-state index < -0.39 is 5.97 Å². The molecule has 0 bridgehead atoms. The smallest absolute Gasteiger partial charge is 0.304 e. The largest absolute Gasteiger partial charge is 0.481 e. The minimum absolute atomic E-state index is 0.213. The normalized spacial score (nSPS) is 22.1. The van der Waals surface area contributed by atoms with Crippen LogP contribution in [0, 0.1) is 0 Å². The fourth-order valence-electron chi connectivity index (χ4n) is 3.10. The molecule has 1 heterocycles. The maximum atomic E-state index is 11.0. The van der Waals surface area contributed by atoms with Crippen molar-refractivity contribution in [1.29, 1.82) is 0 Å². The molecule has 0 amide bonds. The van der Waals surface area contributed by atoms with Crippen molar-refractivity contribution in [2.75, 3.05) is 6.54 Å². The summed E-state index contributed by atoms with van der Waals surface area (Å²) in [5, 5.41) is 9.03. The molecule has 2 atom stereocenters. The maximum Gasteiger partial charge on any atom is 0.304 e. The summed E-state index contributed by atoms with van der Waals surface area (Å²) in [5.41, 5.74) is 1.33. The van der Waals surface area contributed by atoms with Gasteiger partial charge in [0.15, 0.2) is 0 Å². The number of benzene rings is 1. The summed E-state index contributed by atoms with van der Waals surface area (Å²) < 4.78 is 0. The van der Waals surface area contributed by atoms with E-state index in [2.05, 4.69) is 36.1 Å². The first-order valence-electron chi connectivity index (χ1n) is 7.18. The Labute approximate surface area is 115 Å². The van der Waals surface area contributed by atoms with Crippen molar-refractivity contribution >= 4 is 5.97 Å². The van der Waals surface area contributed by atoms with Gasteiger partial charge in [0.1, 0.15) is 0 Å². The van der Waals surface area contributed by atoms with Crippen LogP contribution >= 0.6 is 0 Å². The molecular weight excluding hydrogens is 238 g/mol. The molecule has 0 aromatic heterocycles. The molecule has 1 saturated heterocycles. The summed E-state index contributed by atoms with van der Waals surface area (Å²) in [6.07, 6.45) is 4.64. The molecular formula is C16H23NO2. The molecule has 1 fully saturated rings. The van der Waals surface area contributed by atoms with E-state index in [-0.39, 0.29) is 12.5 Å². The van der Waals surface area contributed by atoms with Crippen LogP contribution in [0.3, 0.4) is 0 Å². The average Bonchev–Trinajstić information content (AvgIpc) is 2.39. The molecule has 2 unspecified atom stereocenters. The zero-order valence-electron chi connectivity index (χ0n) is 11.6. The molecule has 3 nitrogen and oxygen atoms in total. The number of carboxylic acids is 1. The highest BCUT2D eigenvalue weighted by Crippen LogP contribution is 2.23. The topological polar surface area (TPSA) is 40.5 Å². The van der Waals surface area contributed by atoms with Gasteiger partial charge in [0.25, 0.3) is 0 Å². The molecule has 1 aliphatic heterocycles. The quantitative estimate of drug-likeness (QED) is 0.886. The maximum absolute atomic E-state index is 11.0. The van der Waals surface area contributed by atoms with Gasteiger partial charge in [-0.15, -0.1) is 0 Å². The molecule has 0 spiro atoms. The Morgan fingerprint density at radius 2 is 2.11 bits per heavy atom. The van der Waals surface area contributed by atoms with Gasteiger partial charge in [-0.25, -0.2) is 0 Å². The number of nitrogens with zero attached hydrogens (tertiary/aromatic N) is 1. The Hall–Kier alpha value is -1.35. The van der Waals surface area contributed by atoms with Crippen molar-refractivity contribution in [2.24, 2.45) is 0 Å². The Bertz CT molecular complexity index is 404. The second kappa shape index (κ2) is 6.71. The molecule has 0 aliphatic carbocycles. The molecule has 0 saturated carbocycles. The first-order valence-corrected chi connectivity index (χ1v) is 7.18. The molecule has 1 aliphatic rings. The summed E-state index contributed by atoms with van der Waals surface area (Å²) >= 11 is 0. The van der Waals surface area contributed by atoms with E-state index in [0.717, 1.165) is 25.8 Å². The SMILES string of the molecule is CC(Cc1ccccc1)N1CCCCC1CC(=O)O. The number of carbonyl (C=O) groups is 1. The highest BCUT2D eigenvalue weighted by molar-refractivity contribution is 5.67. The van der Waals surface area contributed by atoms with Crippen molar-refractivity contribution in [3.05, 3.63) is 35.9 Å². The number of aliphatic carboxylic acids is 1. The Balaban J connectivity index is 1.98. The summed E-state index contributed by atoms with van der Waals surface area (Å²) in [6.45, 7) is 3.25. The lowest BCUT2D eigenvalue weighted by Gasteiger charge is -2.39. The summed E-state index contributed by atoms with van der Waals surface area (Å²) in [4.78, 5) is 13.4. The van der Waals surface area contributed by atoms with E-state index in [1.54, 1.807) is 0 Å². The molecule has 2 rings (SSSR count). The van der Waals surface area contributed by atoms with Gasteiger partial charge in [-0.2, -0.15) is 0 Å². The third-order valence-electron chi connectivity index (χ3n) is 4.02. The lowest BCUT2D eigenvalue weighted by atomic mass is 9.95. The Morgan fingerprint density at radius 1 is 1.37 bits per heavy atom. The van der Waals surface area contributed by atoms with Crippen LogP contribution in [0.4, 0.5) is 0 Å². The molecule has 3 heteroatoms. The van der Waals surface area contributed by atoms with Gasteiger partial charge >= 0.3 is 5.97 Å². The highest BCUT2D eigenvalue weighted by Gasteiger charge is 2.28. The molecule has 1 aromatic carbocycles. The number of hydrogen-bond acceptors (Lipinski definition) is 2. The van der Waals surface area contributed by atoms with Crippen LogP contribution in [0.15, 0.2) is 30.3 Å². The third-order valence-corrected chi connectivity index (χ3v) is 4.02. The molecule has 104 valence electrons. The van der Waals surface area contributed by atoms with Crippen molar-refractivity contribution in [2.45, 2.75) is 51.1 Å². The van der Waals surface area contributed by atoms with Crippen LogP contribution in [-0.4, -0.2) is 34.6 Å². The van der Waals surface area contributed by atoms with Gasteiger partial charge in [0.05, 0.1) is 6.42 Å². The van der Waals surface area contributed by atoms with Crippen LogP contribution < -0.4 is 0 Å². The molecule has 1 N–H and O–H groups in total. The fraction of sp³-hybridized carbons (Fsp3) is 0.562. The van der Waals surface area contributed by atoms with E-state index in [1.807, 2.05) is 6.07 Å². The Kier molecular flexibility index (Phi) is 4.97. The third kappa shape index (κ3) is 4.06. The minimum Gasteiger partial charge on any atom is -0.481 e. The second-order valence-electron chi connectivity index (χ2n) is 5.52.